The van der Waals surface area contributed by atoms with Gasteiger partial charge in [-0.05, 0) is 13.3 Å². The lowest BCUT2D eigenvalue weighted by atomic mass is 10.2. The standard InChI is InChI=1S/C10H12ClFN4O.CHF3O/c1-6(10(17)16-3-2-4-16)15-9-7(12)8(11)13-5-14-9;2-1(3,4)5/h5-6H,2-4H2,1H3,(H,13,14,15);5H/t6-;/m1./s1. The summed E-state index contributed by atoms with van der Waals surface area (Å²) in [5, 5.41) is 8.96. The van der Waals surface area contributed by atoms with Gasteiger partial charge in [0.2, 0.25) is 11.7 Å². The Balaban J connectivity index is 0.000000422. The molecule has 11 heteroatoms. The van der Waals surface area contributed by atoms with Crippen LogP contribution in [0.15, 0.2) is 6.33 Å². The first kappa shape index (κ1) is 18.4. The Morgan fingerprint density at radius 3 is 2.45 bits per heavy atom. The van der Waals surface area contributed by atoms with Crippen LogP contribution >= 0.6 is 11.6 Å². The fourth-order valence-electron chi connectivity index (χ4n) is 1.53. The molecule has 1 aromatic rings. The summed E-state index contributed by atoms with van der Waals surface area (Å²) in [6.45, 7) is 3.19. The smallest absolute Gasteiger partial charge is 0.356 e. The van der Waals surface area contributed by atoms with Crippen molar-refractivity contribution in [1.82, 2.24) is 14.9 Å². The Morgan fingerprint density at radius 1 is 1.45 bits per heavy atom. The number of hydrogen-bond acceptors (Lipinski definition) is 5. The molecule has 2 heterocycles. The van der Waals surface area contributed by atoms with E-state index in [1.807, 2.05) is 0 Å². The second-order valence-electron chi connectivity index (χ2n) is 4.34. The number of amides is 1. The van der Waals surface area contributed by atoms with Gasteiger partial charge in [-0.2, -0.15) is 4.39 Å². The van der Waals surface area contributed by atoms with Crippen LogP contribution in [0.25, 0.3) is 0 Å². The minimum Gasteiger partial charge on any atom is -0.356 e. The van der Waals surface area contributed by atoms with Crippen LogP contribution in [0.4, 0.5) is 23.4 Å². The second kappa shape index (κ2) is 7.54. The molecule has 0 saturated carbocycles. The average Bonchev–Trinajstić information content (AvgIpc) is 2.30. The molecule has 6 nitrogen and oxygen atoms in total. The van der Waals surface area contributed by atoms with E-state index in [4.69, 9.17) is 16.7 Å². The molecule has 0 bridgehead atoms. The Hall–Kier alpha value is -1.68. The number of carbonyl (C=O) groups is 1. The average molecular weight is 345 g/mol. The Bertz CT molecular complexity index is 519. The van der Waals surface area contributed by atoms with Crippen LogP contribution in [0.5, 0.6) is 0 Å². The zero-order valence-electron chi connectivity index (χ0n) is 11.4. The maximum atomic E-state index is 13.5. The van der Waals surface area contributed by atoms with E-state index in [1.165, 1.54) is 0 Å². The van der Waals surface area contributed by atoms with Crippen molar-refractivity contribution >= 4 is 23.3 Å². The third-order valence-electron chi connectivity index (χ3n) is 2.64. The Morgan fingerprint density at radius 2 is 2.00 bits per heavy atom. The number of carbonyl (C=O) groups excluding carboxylic acids is 1. The SMILES string of the molecule is C[C@@H](Nc1ncnc(Cl)c1F)C(=O)N1CCC1.OC(F)(F)F. The van der Waals surface area contributed by atoms with Crippen LogP contribution in [0.1, 0.15) is 13.3 Å². The molecule has 2 N–H and O–H groups in total. The molecular formula is C11H13ClF4N4O2. The van der Waals surface area contributed by atoms with E-state index in [1.54, 1.807) is 11.8 Å². The minimum absolute atomic E-state index is 0.0497. The van der Waals surface area contributed by atoms with Crippen LogP contribution in [-0.4, -0.2) is 51.4 Å². The number of anilines is 1. The molecule has 0 aromatic carbocycles. The molecule has 1 aliphatic rings. The molecule has 1 aromatic heterocycles. The van der Waals surface area contributed by atoms with Crippen molar-refractivity contribution in [3.8, 4) is 0 Å². The first-order valence-electron chi connectivity index (χ1n) is 6.10. The minimum atomic E-state index is -5.00. The number of halogens is 5. The predicted octanol–water partition coefficient (Wildman–Crippen LogP) is 1.80. The van der Waals surface area contributed by atoms with Gasteiger partial charge < -0.3 is 15.3 Å². The van der Waals surface area contributed by atoms with E-state index >= 15 is 0 Å². The predicted molar refractivity (Wildman–Crippen MR) is 69.6 cm³/mol. The number of aromatic nitrogens is 2. The van der Waals surface area contributed by atoms with Gasteiger partial charge in [-0.1, -0.05) is 11.6 Å². The fraction of sp³-hybridized carbons (Fsp3) is 0.545. The summed E-state index contributed by atoms with van der Waals surface area (Å²) in [6.07, 6.45) is -2.83. The molecule has 1 amide bonds. The third-order valence-corrected chi connectivity index (χ3v) is 2.90. The number of likely N-dealkylation sites (tertiary alicyclic amines) is 1. The van der Waals surface area contributed by atoms with Gasteiger partial charge in [0.05, 0.1) is 0 Å². The van der Waals surface area contributed by atoms with E-state index in [0.717, 1.165) is 25.8 Å². The van der Waals surface area contributed by atoms with Crippen molar-refractivity contribution in [1.29, 1.82) is 0 Å². The van der Waals surface area contributed by atoms with Crippen molar-refractivity contribution in [2.24, 2.45) is 0 Å². The van der Waals surface area contributed by atoms with Crippen molar-refractivity contribution in [3.05, 3.63) is 17.3 Å². The van der Waals surface area contributed by atoms with Gasteiger partial charge in [0.1, 0.15) is 12.4 Å². The number of aliphatic hydroxyl groups is 1. The van der Waals surface area contributed by atoms with Crippen LogP contribution in [0, 0.1) is 5.82 Å². The first-order chi connectivity index (χ1) is 10.1. The summed E-state index contributed by atoms with van der Waals surface area (Å²) in [5.74, 6) is -0.853. The zero-order chi connectivity index (χ0) is 16.9. The second-order valence-corrected chi connectivity index (χ2v) is 4.70. The quantitative estimate of drug-likeness (QED) is 0.646. The molecule has 1 atom stereocenters. The van der Waals surface area contributed by atoms with Crippen molar-refractivity contribution in [3.63, 3.8) is 0 Å². The third kappa shape index (κ3) is 5.98. The van der Waals surface area contributed by atoms with Gasteiger partial charge in [0, 0.05) is 13.1 Å². The number of nitrogens with zero attached hydrogens (tertiary/aromatic N) is 3. The van der Waals surface area contributed by atoms with E-state index in [0.29, 0.717) is 0 Å². The summed E-state index contributed by atoms with van der Waals surface area (Å²) >= 11 is 5.52. The van der Waals surface area contributed by atoms with Gasteiger partial charge in [-0.3, -0.25) is 4.79 Å². The zero-order valence-corrected chi connectivity index (χ0v) is 12.1. The topological polar surface area (TPSA) is 78.4 Å². The van der Waals surface area contributed by atoms with E-state index < -0.39 is 18.2 Å². The first-order valence-corrected chi connectivity index (χ1v) is 6.47. The molecule has 1 saturated heterocycles. The molecule has 124 valence electrons. The molecule has 22 heavy (non-hydrogen) atoms. The summed E-state index contributed by atoms with van der Waals surface area (Å²) in [4.78, 5) is 20.7. The monoisotopic (exact) mass is 344 g/mol. The number of alkyl halides is 3. The van der Waals surface area contributed by atoms with Crippen LogP contribution in [0.3, 0.4) is 0 Å². The fourth-order valence-corrected chi connectivity index (χ4v) is 1.66. The highest BCUT2D eigenvalue weighted by Gasteiger charge is 2.26. The number of nitrogens with one attached hydrogen (secondary N) is 1. The summed E-state index contributed by atoms with van der Waals surface area (Å²) in [7, 11) is 0. The molecule has 2 rings (SSSR count). The van der Waals surface area contributed by atoms with Gasteiger partial charge >= 0.3 is 6.36 Å². The molecule has 0 radical (unpaired) electrons. The molecule has 1 fully saturated rings. The maximum absolute atomic E-state index is 13.5. The normalized spacial score (nSPS) is 15.3. The number of rotatable bonds is 3. The van der Waals surface area contributed by atoms with Gasteiger partial charge in [-0.25, -0.2) is 9.97 Å². The van der Waals surface area contributed by atoms with Crippen molar-refractivity contribution in [2.75, 3.05) is 18.4 Å². The van der Waals surface area contributed by atoms with E-state index in [9.17, 15) is 22.4 Å². The van der Waals surface area contributed by atoms with Crippen molar-refractivity contribution < 1.29 is 27.5 Å². The van der Waals surface area contributed by atoms with Crippen LogP contribution < -0.4 is 5.32 Å². The highest BCUT2D eigenvalue weighted by molar-refractivity contribution is 6.29. The molecular weight excluding hydrogens is 332 g/mol. The molecule has 1 aliphatic heterocycles. The summed E-state index contributed by atoms with van der Waals surface area (Å²) in [5.41, 5.74) is 0. The van der Waals surface area contributed by atoms with Gasteiger partial charge in [0.15, 0.2) is 11.0 Å². The molecule has 0 unspecified atom stereocenters. The Labute approximate surface area is 128 Å². The largest absolute Gasteiger partial charge is 0.519 e. The van der Waals surface area contributed by atoms with Gasteiger partial charge in [-0.15, -0.1) is 13.2 Å². The number of hydrogen-bond donors (Lipinski definition) is 2. The van der Waals surface area contributed by atoms with Gasteiger partial charge in [0.25, 0.3) is 0 Å². The van der Waals surface area contributed by atoms with Crippen LogP contribution in [0.2, 0.25) is 5.15 Å². The lowest BCUT2D eigenvalue weighted by Gasteiger charge is -2.33. The summed E-state index contributed by atoms with van der Waals surface area (Å²) < 4.78 is 43.2. The van der Waals surface area contributed by atoms with Crippen molar-refractivity contribution in [2.45, 2.75) is 25.7 Å². The molecule has 0 aliphatic carbocycles. The van der Waals surface area contributed by atoms with E-state index in [-0.39, 0.29) is 16.9 Å². The van der Waals surface area contributed by atoms with E-state index in [2.05, 4.69) is 15.3 Å². The highest BCUT2D eigenvalue weighted by atomic mass is 35.5. The van der Waals surface area contributed by atoms with Crippen LogP contribution in [-0.2, 0) is 4.79 Å². The highest BCUT2D eigenvalue weighted by Crippen LogP contribution is 2.18. The lowest BCUT2D eigenvalue weighted by Crippen LogP contribution is -2.48. The summed E-state index contributed by atoms with van der Waals surface area (Å²) in [6, 6.07) is -0.532. The Kier molecular flexibility index (Phi) is 6.30. The maximum Gasteiger partial charge on any atom is 0.519 e. The molecule has 0 spiro atoms. The lowest BCUT2D eigenvalue weighted by molar-refractivity contribution is -0.295.